The lowest BCUT2D eigenvalue weighted by atomic mass is 10.2. The van der Waals surface area contributed by atoms with Gasteiger partial charge in [0, 0.05) is 31.6 Å². The summed E-state index contributed by atoms with van der Waals surface area (Å²) in [5.74, 6) is 0.532. The molecule has 4 rings (SSSR count). The third kappa shape index (κ3) is 3.25. The molecule has 1 aliphatic heterocycles. The van der Waals surface area contributed by atoms with E-state index in [0.717, 1.165) is 5.39 Å². The highest BCUT2D eigenvalue weighted by Crippen LogP contribution is 2.29. The number of para-hydroxylation sites is 1. The number of benzene rings is 2. The minimum Gasteiger partial charge on any atom is -0.493 e. The lowest BCUT2D eigenvalue weighted by molar-refractivity contribution is 0.0668. The minimum atomic E-state index is -3.55. The van der Waals surface area contributed by atoms with Crippen molar-refractivity contribution in [2.45, 2.75) is 4.90 Å². The Bertz CT molecular complexity index is 1100. The van der Waals surface area contributed by atoms with Gasteiger partial charge in [-0.15, -0.1) is 0 Å². The molecule has 0 aliphatic carbocycles. The van der Waals surface area contributed by atoms with Crippen LogP contribution in [0.2, 0.25) is 0 Å². The van der Waals surface area contributed by atoms with Gasteiger partial charge in [0.05, 0.1) is 12.0 Å². The van der Waals surface area contributed by atoms with Crippen LogP contribution >= 0.6 is 0 Å². The van der Waals surface area contributed by atoms with E-state index in [-0.39, 0.29) is 29.7 Å². The second-order valence-electron chi connectivity index (χ2n) is 6.50. The van der Waals surface area contributed by atoms with Crippen molar-refractivity contribution in [2.24, 2.45) is 0 Å². The van der Waals surface area contributed by atoms with Gasteiger partial charge in [0.15, 0.2) is 17.1 Å². The normalized spacial score (nSPS) is 15.7. The van der Waals surface area contributed by atoms with Crippen molar-refractivity contribution in [3.05, 3.63) is 60.4 Å². The maximum absolute atomic E-state index is 12.8. The van der Waals surface area contributed by atoms with E-state index >= 15 is 0 Å². The molecule has 0 N–H and O–H groups in total. The zero-order valence-electron chi connectivity index (χ0n) is 15.4. The van der Waals surface area contributed by atoms with Crippen molar-refractivity contribution >= 4 is 26.9 Å². The molecule has 0 saturated carbocycles. The summed E-state index contributed by atoms with van der Waals surface area (Å²) in [5, 5.41) is 0.785. The lowest BCUT2D eigenvalue weighted by Crippen LogP contribution is -2.50. The summed E-state index contributed by atoms with van der Waals surface area (Å²) >= 11 is 0. The van der Waals surface area contributed by atoms with E-state index in [1.54, 1.807) is 54.5 Å². The van der Waals surface area contributed by atoms with Crippen LogP contribution in [0.15, 0.2) is 63.9 Å². The van der Waals surface area contributed by atoms with Gasteiger partial charge in [-0.25, -0.2) is 8.42 Å². The van der Waals surface area contributed by atoms with Crippen LogP contribution in [0, 0.1) is 0 Å². The molecule has 8 heteroatoms. The van der Waals surface area contributed by atoms with E-state index in [9.17, 15) is 13.2 Å². The second kappa shape index (κ2) is 7.29. The summed E-state index contributed by atoms with van der Waals surface area (Å²) < 4.78 is 37.8. The number of nitrogens with zero attached hydrogens (tertiary/aromatic N) is 2. The first-order valence-corrected chi connectivity index (χ1v) is 10.4. The second-order valence-corrected chi connectivity index (χ2v) is 8.44. The molecule has 1 saturated heterocycles. The molecule has 1 aromatic heterocycles. The maximum atomic E-state index is 12.8. The lowest BCUT2D eigenvalue weighted by Gasteiger charge is -2.33. The van der Waals surface area contributed by atoms with E-state index in [2.05, 4.69) is 0 Å². The molecule has 1 amide bonds. The van der Waals surface area contributed by atoms with Crippen molar-refractivity contribution in [3.8, 4) is 5.75 Å². The first-order valence-electron chi connectivity index (χ1n) is 8.92. The number of amides is 1. The molecule has 0 unspecified atom stereocenters. The molecule has 146 valence electrons. The van der Waals surface area contributed by atoms with Crippen molar-refractivity contribution < 1.29 is 22.4 Å². The smallest absolute Gasteiger partial charge is 0.289 e. The van der Waals surface area contributed by atoms with Gasteiger partial charge in [0.2, 0.25) is 10.0 Å². The van der Waals surface area contributed by atoms with Crippen LogP contribution < -0.4 is 4.74 Å². The third-order valence-electron chi connectivity index (χ3n) is 4.85. The number of fused-ring (bicyclic) bond motifs is 1. The van der Waals surface area contributed by atoms with Gasteiger partial charge in [-0.1, -0.05) is 30.3 Å². The molecule has 1 fully saturated rings. The number of piperazine rings is 1. The highest BCUT2D eigenvalue weighted by atomic mass is 32.2. The average Bonchev–Trinajstić information content (AvgIpc) is 3.18. The largest absolute Gasteiger partial charge is 0.493 e. The van der Waals surface area contributed by atoms with Crippen LogP contribution in [0.1, 0.15) is 10.6 Å². The standard InChI is InChI=1S/C20H20N2O5S/c1-26-17-9-5-6-15-14-18(27-19(15)17)20(23)21-10-12-22(13-11-21)28(24,25)16-7-3-2-4-8-16/h2-9,14H,10-13H2,1H3. The van der Waals surface area contributed by atoms with Gasteiger partial charge in [-0.3, -0.25) is 4.79 Å². The Morgan fingerprint density at radius 2 is 1.71 bits per heavy atom. The topological polar surface area (TPSA) is 80.1 Å². The average molecular weight is 400 g/mol. The number of carbonyl (C=O) groups is 1. The molecule has 7 nitrogen and oxygen atoms in total. The molecule has 0 atom stereocenters. The SMILES string of the molecule is COc1cccc2cc(C(=O)N3CCN(S(=O)(=O)c4ccccc4)CC3)oc12. The minimum absolute atomic E-state index is 0.221. The zero-order valence-corrected chi connectivity index (χ0v) is 16.2. The quantitative estimate of drug-likeness (QED) is 0.673. The molecule has 0 bridgehead atoms. The van der Waals surface area contributed by atoms with E-state index in [0.29, 0.717) is 24.4 Å². The summed E-state index contributed by atoms with van der Waals surface area (Å²) in [5.41, 5.74) is 0.527. The molecule has 0 radical (unpaired) electrons. The summed E-state index contributed by atoms with van der Waals surface area (Å²) in [6, 6.07) is 15.5. The first kappa shape index (κ1) is 18.5. The van der Waals surface area contributed by atoms with Crippen LogP contribution in [-0.2, 0) is 10.0 Å². The highest BCUT2D eigenvalue weighted by molar-refractivity contribution is 7.89. The number of carbonyl (C=O) groups excluding carboxylic acids is 1. The Balaban J connectivity index is 1.49. The highest BCUT2D eigenvalue weighted by Gasteiger charge is 2.31. The van der Waals surface area contributed by atoms with Crippen molar-refractivity contribution in [1.29, 1.82) is 0 Å². The fourth-order valence-electron chi connectivity index (χ4n) is 3.33. The molecule has 2 heterocycles. The van der Waals surface area contributed by atoms with Gasteiger partial charge < -0.3 is 14.1 Å². The Morgan fingerprint density at radius 3 is 2.39 bits per heavy atom. The first-order chi connectivity index (χ1) is 13.5. The van der Waals surface area contributed by atoms with Gasteiger partial charge >= 0.3 is 0 Å². The summed E-state index contributed by atoms with van der Waals surface area (Å²) in [4.78, 5) is 14.7. The van der Waals surface area contributed by atoms with Crippen molar-refractivity contribution in [3.63, 3.8) is 0 Å². The van der Waals surface area contributed by atoms with Crippen LogP contribution in [0.5, 0.6) is 5.75 Å². The maximum Gasteiger partial charge on any atom is 0.289 e. The number of methoxy groups -OCH3 is 1. The van der Waals surface area contributed by atoms with E-state index < -0.39 is 10.0 Å². The predicted molar refractivity (Wildman–Crippen MR) is 104 cm³/mol. The van der Waals surface area contributed by atoms with E-state index in [4.69, 9.17) is 9.15 Å². The molecular formula is C20H20N2O5S. The number of hydrogen-bond donors (Lipinski definition) is 0. The van der Waals surface area contributed by atoms with Crippen LogP contribution in [0.3, 0.4) is 0 Å². The molecule has 2 aromatic carbocycles. The number of ether oxygens (including phenoxy) is 1. The summed E-state index contributed by atoms with van der Waals surface area (Å²) in [7, 11) is -2.00. The van der Waals surface area contributed by atoms with Crippen molar-refractivity contribution in [1.82, 2.24) is 9.21 Å². The van der Waals surface area contributed by atoms with Crippen molar-refractivity contribution in [2.75, 3.05) is 33.3 Å². The Morgan fingerprint density at radius 1 is 1.00 bits per heavy atom. The summed E-state index contributed by atoms with van der Waals surface area (Å²) in [6.07, 6.45) is 0. The van der Waals surface area contributed by atoms with Crippen LogP contribution in [0.25, 0.3) is 11.0 Å². The fourth-order valence-corrected chi connectivity index (χ4v) is 4.77. The van der Waals surface area contributed by atoms with Crippen LogP contribution in [-0.4, -0.2) is 56.8 Å². The molecule has 28 heavy (non-hydrogen) atoms. The number of furan rings is 1. The van der Waals surface area contributed by atoms with E-state index in [1.165, 1.54) is 4.31 Å². The van der Waals surface area contributed by atoms with E-state index in [1.807, 2.05) is 12.1 Å². The number of hydrogen-bond acceptors (Lipinski definition) is 5. The molecule has 3 aromatic rings. The van der Waals surface area contributed by atoms with Gasteiger partial charge in [-0.2, -0.15) is 4.31 Å². The zero-order chi connectivity index (χ0) is 19.7. The fraction of sp³-hybridized carbons (Fsp3) is 0.250. The third-order valence-corrected chi connectivity index (χ3v) is 6.76. The molecular weight excluding hydrogens is 380 g/mol. The predicted octanol–water partition coefficient (Wildman–Crippen LogP) is 2.59. The number of sulfonamides is 1. The van der Waals surface area contributed by atoms with Crippen LogP contribution in [0.4, 0.5) is 0 Å². The van der Waals surface area contributed by atoms with Gasteiger partial charge in [0.1, 0.15) is 0 Å². The number of rotatable bonds is 4. The van der Waals surface area contributed by atoms with Gasteiger partial charge in [0.25, 0.3) is 5.91 Å². The van der Waals surface area contributed by atoms with Gasteiger partial charge in [-0.05, 0) is 24.3 Å². The Kier molecular flexibility index (Phi) is 4.82. The Labute approximate surface area is 163 Å². The molecule has 1 aliphatic rings. The summed E-state index contributed by atoms with van der Waals surface area (Å²) in [6.45, 7) is 1.09. The monoisotopic (exact) mass is 400 g/mol. The Hall–Kier alpha value is -2.84. The molecule has 0 spiro atoms.